The Labute approximate surface area is 166 Å². The third kappa shape index (κ3) is 6.58. The first-order valence-electron chi connectivity index (χ1n) is 8.17. The molecule has 136 valence electrons. The predicted molar refractivity (Wildman–Crippen MR) is 113 cm³/mol. The standard InChI is InChI=1S/C17H27N3O2S.HI/c1-3-22-16-13-14(6-7-15(16)21-2)5-4-8-19-17(18)20-9-11-23-12-10-20;/h6-7,13H,3-5,8-12H2,1-2H3,(H2,18,19);1H. The van der Waals surface area contributed by atoms with Crippen LogP contribution in [0.15, 0.2) is 23.2 Å². The topological polar surface area (TPSA) is 60.1 Å². The highest BCUT2D eigenvalue weighted by atomic mass is 127. The van der Waals surface area contributed by atoms with Crippen LogP contribution in [0.5, 0.6) is 11.5 Å². The molecular weight excluding hydrogens is 437 g/mol. The van der Waals surface area contributed by atoms with Gasteiger partial charge in [-0.3, -0.25) is 4.99 Å². The van der Waals surface area contributed by atoms with Crippen molar-refractivity contribution in [1.29, 1.82) is 0 Å². The van der Waals surface area contributed by atoms with Crippen molar-refractivity contribution in [3.63, 3.8) is 0 Å². The Morgan fingerprint density at radius 1 is 1.29 bits per heavy atom. The molecule has 2 N–H and O–H groups in total. The molecule has 2 rings (SSSR count). The Kier molecular flexibility index (Phi) is 10.3. The Hall–Kier alpha value is -0.830. The summed E-state index contributed by atoms with van der Waals surface area (Å²) < 4.78 is 10.9. The number of guanidine groups is 1. The fourth-order valence-electron chi connectivity index (χ4n) is 2.51. The smallest absolute Gasteiger partial charge is 0.191 e. The number of ether oxygens (including phenoxy) is 2. The molecule has 1 aliphatic rings. The third-order valence-electron chi connectivity index (χ3n) is 3.76. The molecule has 1 saturated heterocycles. The second-order valence-electron chi connectivity index (χ2n) is 5.36. The second kappa shape index (κ2) is 11.7. The summed E-state index contributed by atoms with van der Waals surface area (Å²) in [5.41, 5.74) is 7.29. The Balaban J connectivity index is 0.00000288. The van der Waals surface area contributed by atoms with Crippen LogP contribution in [0, 0.1) is 0 Å². The lowest BCUT2D eigenvalue weighted by Gasteiger charge is -2.27. The van der Waals surface area contributed by atoms with Crippen LogP contribution in [0.1, 0.15) is 18.9 Å². The van der Waals surface area contributed by atoms with Crippen molar-refractivity contribution in [2.24, 2.45) is 10.7 Å². The highest BCUT2D eigenvalue weighted by Crippen LogP contribution is 2.28. The van der Waals surface area contributed by atoms with Crippen molar-refractivity contribution in [2.45, 2.75) is 19.8 Å². The van der Waals surface area contributed by atoms with E-state index < -0.39 is 0 Å². The van der Waals surface area contributed by atoms with Gasteiger partial charge in [0.2, 0.25) is 0 Å². The average Bonchev–Trinajstić information content (AvgIpc) is 2.60. The van der Waals surface area contributed by atoms with Gasteiger partial charge in [-0.05, 0) is 37.5 Å². The first-order valence-corrected chi connectivity index (χ1v) is 9.32. The predicted octanol–water partition coefficient (Wildman–Crippen LogP) is 3.01. The van der Waals surface area contributed by atoms with Crippen LogP contribution in [0.2, 0.25) is 0 Å². The van der Waals surface area contributed by atoms with Crippen LogP contribution in [-0.4, -0.2) is 55.7 Å². The van der Waals surface area contributed by atoms with E-state index in [0.29, 0.717) is 12.6 Å². The number of hydrogen-bond donors (Lipinski definition) is 1. The number of thioether (sulfide) groups is 1. The minimum atomic E-state index is 0. The van der Waals surface area contributed by atoms with Crippen LogP contribution in [-0.2, 0) is 6.42 Å². The van der Waals surface area contributed by atoms with Gasteiger partial charge in [0.15, 0.2) is 17.5 Å². The fourth-order valence-corrected chi connectivity index (χ4v) is 3.42. The summed E-state index contributed by atoms with van der Waals surface area (Å²) in [7, 11) is 1.66. The number of rotatable bonds is 7. The van der Waals surface area contributed by atoms with Gasteiger partial charge in [-0.1, -0.05) is 6.07 Å². The summed E-state index contributed by atoms with van der Waals surface area (Å²) in [4.78, 5) is 6.69. The Morgan fingerprint density at radius 2 is 2.04 bits per heavy atom. The zero-order valence-electron chi connectivity index (χ0n) is 14.5. The zero-order chi connectivity index (χ0) is 16.5. The van der Waals surface area contributed by atoms with Crippen LogP contribution < -0.4 is 15.2 Å². The molecule has 0 spiro atoms. The number of halogens is 1. The lowest BCUT2D eigenvalue weighted by molar-refractivity contribution is 0.310. The number of nitrogens with two attached hydrogens (primary N) is 1. The number of nitrogens with zero attached hydrogens (tertiary/aromatic N) is 2. The Morgan fingerprint density at radius 3 is 2.71 bits per heavy atom. The van der Waals surface area contributed by atoms with Crippen LogP contribution in [0.3, 0.4) is 0 Å². The molecule has 0 amide bonds. The summed E-state index contributed by atoms with van der Waals surface area (Å²) in [5.74, 6) is 4.56. The van der Waals surface area contributed by atoms with Gasteiger partial charge in [0.25, 0.3) is 0 Å². The number of aryl methyl sites for hydroxylation is 1. The van der Waals surface area contributed by atoms with Crippen molar-refractivity contribution in [1.82, 2.24) is 4.90 Å². The summed E-state index contributed by atoms with van der Waals surface area (Å²) in [6, 6.07) is 6.09. The lowest BCUT2D eigenvalue weighted by Crippen LogP contribution is -2.42. The first kappa shape index (κ1) is 21.2. The van der Waals surface area contributed by atoms with E-state index in [1.165, 1.54) is 5.56 Å². The van der Waals surface area contributed by atoms with Gasteiger partial charge in [0.1, 0.15) is 0 Å². The molecule has 1 fully saturated rings. The summed E-state index contributed by atoms with van der Waals surface area (Å²) in [6.07, 6.45) is 1.93. The summed E-state index contributed by atoms with van der Waals surface area (Å²) in [6.45, 7) is 5.38. The molecule has 24 heavy (non-hydrogen) atoms. The summed E-state index contributed by atoms with van der Waals surface area (Å²) >= 11 is 1.98. The van der Waals surface area contributed by atoms with Gasteiger partial charge in [-0.15, -0.1) is 24.0 Å². The van der Waals surface area contributed by atoms with E-state index in [4.69, 9.17) is 15.2 Å². The maximum Gasteiger partial charge on any atom is 0.191 e. The normalized spacial score (nSPS) is 14.9. The molecule has 0 atom stereocenters. The molecular formula is C17H28IN3O2S. The monoisotopic (exact) mass is 465 g/mol. The van der Waals surface area contributed by atoms with Gasteiger partial charge in [-0.2, -0.15) is 11.8 Å². The maximum atomic E-state index is 6.06. The molecule has 0 bridgehead atoms. The van der Waals surface area contributed by atoms with E-state index in [9.17, 15) is 0 Å². The van der Waals surface area contributed by atoms with Gasteiger partial charge < -0.3 is 20.1 Å². The number of hydrogen-bond acceptors (Lipinski definition) is 4. The molecule has 1 aliphatic heterocycles. The highest BCUT2D eigenvalue weighted by molar-refractivity contribution is 14.0. The number of aliphatic imine (C=N–C) groups is 1. The van der Waals surface area contributed by atoms with Gasteiger partial charge >= 0.3 is 0 Å². The fraction of sp³-hybridized carbons (Fsp3) is 0.588. The first-order chi connectivity index (χ1) is 11.2. The number of methoxy groups -OCH3 is 1. The van der Waals surface area contributed by atoms with Crippen molar-refractivity contribution < 1.29 is 9.47 Å². The summed E-state index contributed by atoms with van der Waals surface area (Å²) in [5, 5.41) is 0. The molecule has 1 aromatic rings. The minimum Gasteiger partial charge on any atom is -0.493 e. The lowest BCUT2D eigenvalue weighted by atomic mass is 10.1. The van der Waals surface area contributed by atoms with Gasteiger partial charge in [0.05, 0.1) is 13.7 Å². The second-order valence-corrected chi connectivity index (χ2v) is 6.59. The van der Waals surface area contributed by atoms with Crippen molar-refractivity contribution in [3.8, 4) is 11.5 Å². The largest absolute Gasteiger partial charge is 0.493 e. The van der Waals surface area contributed by atoms with Crippen molar-refractivity contribution in [2.75, 3.05) is 44.9 Å². The van der Waals surface area contributed by atoms with E-state index in [1.807, 2.05) is 24.8 Å². The zero-order valence-corrected chi connectivity index (χ0v) is 17.6. The SMILES string of the molecule is CCOc1cc(CCCN=C(N)N2CCSCC2)ccc1OC.I. The quantitative estimate of drug-likeness (QED) is 0.291. The third-order valence-corrected chi connectivity index (χ3v) is 4.70. The van der Waals surface area contributed by atoms with E-state index in [0.717, 1.165) is 55.5 Å². The van der Waals surface area contributed by atoms with Gasteiger partial charge in [0, 0.05) is 31.1 Å². The van der Waals surface area contributed by atoms with E-state index in [1.54, 1.807) is 7.11 Å². The molecule has 0 aromatic heterocycles. The Bertz CT molecular complexity index is 523. The molecule has 0 unspecified atom stereocenters. The molecule has 0 radical (unpaired) electrons. The van der Waals surface area contributed by atoms with Crippen LogP contribution in [0.4, 0.5) is 0 Å². The average molecular weight is 465 g/mol. The van der Waals surface area contributed by atoms with Crippen LogP contribution >= 0.6 is 35.7 Å². The van der Waals surface area contributed by atoms with Gasteiger partial charge in [-0.25, -0.2) is 0 Å². The van der Waals surface area contributed by atoms with Crippen LogP contribution in [0.25, 0.3) is 0 Å². The molecule has 0 aliphatic carbocycles. The number of benzene rings is 1. The molecule has 0 saturated carbocycles. The molecule has 7 heteroatoms. The highest BCUT2D eigenvalue weighted by Gasteiger charge is 2.11. The maximum absolute atomic E-state index is 6.06. The minimum absolute atomic E-state index is 0. The van der Waals surface area contributed by atoms with E-state index in [2.05, 4.69) is 22.0 Å². The molecule has 1 aromatic carbocycles. The molecule has 1 heterocycles. The van der Waals surface area contributed by atoms with E-state index >= 15 is 0 Å². The molecule has 5 nitrogen and oxygen atoms in total. The van der Waals surface area contributed by atoms with E-state index in [-0.39, 0.29) is 24.0 Å². The van der Waals surface area contributed by atoms with Crippen molar-refractivity contribution >= 4 is 41.7 Å². The van der Waals surface area contributed by atoms with Crippen molar-refractivity contribution in [3.05, 3.63) is 23.8 Å².